The van der Waals surface area contributed by atoms with Crippen LogP contribution >= 0.6 is 0 Å². The third kappa shape index (κ3) is 3.78. The van der Waals surface area contributed by atoms with Crippen LogP contribution in [-0.4, -0.2) is 15.5 Å². The van der Waals surface area contributed by atoms with Crippen molar-refractivity contribution < 1.29 is 4.39 Å². The molecule has 122 valence electrons. The normalized spacial score (nSPS) is 11.5. The molecule has 3 rings (SSSR count). The molecule has 0 fully saturated rings. The van der Waals surface area contributed by atoms with Crippen molar-refractivity contribution in [3.63, 3.8) is 0 Å². The molecule has 0 saturated carbocycles. The van der Waals surface area contributed by atoms with Crippen molar-refractivity contribution in [2.75, 3.05) is 5.32 Å². The number of hydrogen-bond donors (Lipinski definition) is 2. The number of benzene rings is 2. The molecule has 0 atom stereocenters. The van der Waals surface area contributed by atoms with E-state index in [0.29, 0.717) is 12.2 Å². The van der Waals surface area contributed by atoms with Gasteiger partial charge in [0.1, 0.15) is 5.82 Å². The molecule has 0 saturated heterocycles. The molecule has 3 aromatic rings. The Kier molecular flexibility index (Phi) is 4.56. The first-order chi connectivity index (χ1) is 11.6. The fraction of sp³-hybridized carbons (Fsp3) is 0.111. The zero-order valence-electron chi connectivity index (χ0n) is 13.3. The SMILES string of the molecule is Cc1ccc(NC(N)=NCc2ccc(-n3ccnc3)c(F)c2)cc1. The Morgan fingerprint density at radius 2 is 2.04 bits per heavy atom. The van der Waals surface area contributed by atoms with E-state index in [-0.39, 0.29) is 11.8 Å². The minimum Gasteiger partial charge on any atom is -0.370 e. The number of nitrogens with zero attached hydrogens (tertiary/aromatic N) is 3. The Labute approximate surface area is 139 Å². The Morgan fingerprint density at radius 3 is 2.71 bits per heavy atom. The van der Waals surface area contributed by atoms with E-state index in [4.69, 9.17) is 5.73 Å². The fourth-order valence-electron chi connectivity index (χ4n) is 2.26. The largest absolute Gasteiger partial charge is 0.370 e. The van der Waals surface area contributed by atoms with Crippen LogP contribution in [0.15, 0.2) is 66.2 Å². The molecule has 6 heteroatoms. The lowest BCUT2D eigenvalue weighted by Crippen LogP contribution is -2.22. The smallest absolute Gasteiger partial charge is 0.193 e. The number of anilines is 1. The van der Waals surface area contributed by atoms with Gasteiger partial charge < -0.3 is 15.6 Å². The predicted molar refractivity (Wildman–Crippen MR) is 93.7 cm³/mol. The second-order valence-electron chi connectivity index (χ2n) is 5.45. The summed E-state index contributed by atoms with van der Waals surface area (Å²) in [6.45, 7) is 2.31. The van der Waals surface area contributed by atoms with Gasteiger partial charge in [0, 0.05) is 18.1 Å². The van der Waals surface area contributed by atoms with Crippen molar-refractivity contribution in [3.05, 3.63) is 78.1 Å². The minimum atomic E-state index is -0.328. The van der Waals surface area contributed by atoms with Gasteiger partial charge in [0.2, 0.25) is 0 Å². The van der Waals surface area contributed by atoms with E-state index in [1.165, 1.54) is 11.6 Å². The van der Waals surface area contributed by atoms with E-state index < -0.39 is 0 Å². The van der Waals surface area contributed by atoms with Gasteiger partial charge in [-0.25, -0.2) is 14.4 Å². The summed E-state index contributed by atoms with van der Waals surface area (Å²) in [7, 11) is 0. The number of guanidine groups is 1. The van der Waals surface area contributed by atoms with E-state index in [2.05, 4.69) is 15.3 Å². The molecule has 2 aromatic carbocycles. The van der Waals surface area contributed by atoms with Crippen molar-refractivity contribution in [1.82, 2.24) is 9.55 Å². The maximum Gasteiger partial charge on any atom is 0.193 e. The molecule has 0 unspecified atom stereocenters. The van der Waals surface area contributed by atoms with Gasteiger partial charge in [0.05, 0.1) is 18.6 Å². The highest BCUT2D eigenvalue weighted by Crippen LogP contribution is 2.15. The van der Waals surface area contributed by atoms with Crippen LogP contribution in [0.4, 0.5) is 10.1 Å². The molecule has 0 amide bonds. The van der Waals surface area contributed by atoms with Crippen LogP contribution in [0.25, 0.3) is 5.69 Å². The van der Waals surface area contributed by atoms with Crippen molar-refractivity contribution in [1.29, 1.82) is 0 Å². The Hall–Kier alpha value is -3.15. The van der Waals surface area contributed by atoms with Crippen LogP contribution in [0.5, 0.6) is 0 Å². The van der Waals surface area contributed by atoms with Gasteiger partial charge in [0.25, 0.3) is 0 Å². The fourth-order valence-corrected chi connectivity index (χ4v) is 2.26. The first-order valence-corrected chi connectivity index (χ1v) is 7.52. The summed E-state index contributed by atoms with van der Waals surface area (Å²) in [6.07, 6.45) is 4.86. The molecule has 24 heavy (non-hydrogen) atoms. The highest BCUT2D eigenvalue weighted by atomic mass is 19.1. The standard InChI is InChI=1S/C18H18FN5/c1-13-2-5-15(6-3-13)23-18(20)22-11-14-4-7-17(16(19)10-14)24-9-8-21-12-24/h2-10,12H,11H2,1H3,(H3,20,22,23). The van der Waals surface area contributed by atoms with Crippen molar-refractivity contribution in [2.24, 2.45) is 10.7 Å². The number of halogens is 1. The third-order valence-corrected chi connectivity index (χ3v) is 3.55. The maximum atomic E-state index is 14.2. The number of aryl methyl sites for hydroxylation is 1. The molecule has 0 radical (unpaired) electrons. The molecular formula is C18H18FN5. The zero-order chi connectivity index (χ0) is 16.9. The molecule has 1 aromatic heterocycles. The summed E-state index contributed by atoms with van der Waals surface area (Å²) in [6, 6.07) is 12.8. The van der Waals surface area contributed by atoms with Crippen molar-refractivity contribution >= 4 is 11.6 Å². The summed E-state index contributed by atoms with van der Waals surface area (Å²) in [5.74, 6) is -0.0382. The van der Waals surface area contributed by atoms with Gasteiger partial charge in [-0.1, -0.05) is 23.8 Å². The third-order valence-electron chi connectivity index (χ3n) is 3.55. The number of hydrogen-bond acceptors (Lipinski definition) is 2. The van der Waals surface area contributed by atoms with E-state index in [1.807, 2.05) is 37.3 Å². The average molecular weight is 323 g/mol. The van der Waals surface area contributed by atoms with Gasteiger partial charge in [-0.15, -0.1) is 0 Å². The molecular weight excluding hydrogens is 305 g/mol. The summed E-state index contributed by atoms with van der Waals surface area (Å²) in [5, 5.41) is 3.01. The summed E-state index contributed by atoms with van der Waals surface area (Å²) >= 11 is 0. The van der Waals surface area contributed by atoms with E-state index in [1.54, 1.807) is 29.4 Å². The second kappa shape index (κ2) is 6.95. The second-order valence-corrected chi connectivity index (χ2v) is 5.45. The van der Waals surface area contributed by atoms with Gasteiger partial charge >= 0.3 is 0 Å². The molecule has 0 aliphatic heterocycles. The van der Waals surface area contributed by atoms with Crippen LogP contribution in [0.1, 0.15) is 11.1 Å². The van der Waals surface area contributed by atoms with Gasteiger partial charge in [-0.3, -0.25) is 0 Å². The number of aliphatic imine (C=N–C) groups is 1. The number of nitrogens with two attached hydrogens (primary N) is 1. The minimum absolute atomic E-state index is 0.290. The average Bonchev–Trinajstić information content (AvgIpc) is 3.09. The van der Waals surface area contributed by atoms with Gasteiger partial charge in [0.15, 0.2) is 5.96 Å². The van der Waals surface area contributed by atoms with Crippen molar-refractivity contribution in [2.45, 2.75) is 13.5 Å². The van der Waals surface area contributed by atoms with E-state index >= 15 is 0 Å². The van der Waals surface area contributed by atoms with Crippen LogP contribution in [0.3, 0.4) is 0 Å². The maximum absolute atomic E-state index is 14.2. The van der Waals surface area contributed by atoms with Gasteiger partial charge in [-0.05, 0) is 36.8 Å². The van der Waals surface area contributed by atoms with E-state index in [0.717, 1.165) is 11.3 Å². The first kappa shape index (κ1) is 15.7. The number of aromatic nitrogens is 2. The monoisotopic (exact) mass is 323 g/mol. The molecule has 5 nitrogen and oxygen atoms in total. The topological polar surface area (TPSA) is 68.2 Å². The van der Waals surface area contributed by atoms with Crippen LogP contribution in [0, 0.1) is 12.7 Å². The highest BCUT2D eigenvalue weighted by Gasteiger charge is 2.05. The zero-order valence-corrected chi connectivity index (χ0v) is 13.3. The van der Waals surface area contributed by atoms with E-state index in [9.17, 15) is 4.39 Å². The molecule has 0 spiro atoms. The lowest BCUT2D eigenvalue weighted by atomic mass is 10.2. The molecule has 1 heterocycles. The highest BCUT2D eigenvalue weighted by molar-refractivity contribution is 5.92. The molecule has 0 aliphatic rings. The molecule has 3 N–H and O–H groups in total. The summed E-state index contributed by atoms with van der Waals surface area (Å²) < 4.78 is 15.8. The number of imidazole rings is 1. The Balaban J connectivity index is 1.67. The van der Waals surface area contributed by atoms with Crippen LogP contribution in [-0.2, 0) is 6.54 Å². The lowest BCUT2D eigenvalue weighted by Gasteiger charge is -2.07. The quantitative estimate of drug-likeness (QED) is 0.572. The van der Waals surface area contributed by atoms with Gasteiger partial charge in [-0.2, -0.15) is 0 Å². The summed E-state index contributed by atoms with van der Waals surface area (Å²) in [4.78, 5) is 8.16. The van der Waals surface area contributed by atoms with Crippen LogP contribution < -0.4 is 11.1 Å². The molecule has 0 bridgehead atoms. The lowest BCUT2D eigenvalue weighted by molar-refractivity contribution is 0.616. The Bertz CT molecular complexity index is 838. The van der Waals surface area contributed by atoms with Crippen molar-refractivity contribution in [3.8, 4) is 5.69 Å². The number of nitrogens with one attached hydrogen (secondary N) is 1. The molecule has 0 aliphatic carbocycles. The first-order valence-electron chi connectivity index (χ1n) is 7.52. The number of rotatable bonds is 4. The Morgan fingerprint density at radius 1 is 1.25 bits per heavy atom. The predicted octanol–water partition coefficient (Wildman–Crippen LogP) is 3.25. The van der Waals surface area contributed by atoms with Crippen LogP contribution in [0.2, 0.25) is 0 Å². The summed E-state index contributed by atoms with van der Waals surface area (Å²) in [5.41, 5.74) is 9.10.